The summed E-state index contributed by atoms with van der Waals surface area (Å²) in [7, 11) is 0. The number of benzene rings is 1. The zero-order valence-electron chi connectivity index (χ0n) is 14.9. The Hall–Kier alpha value is -2.94. The maximum atomic E-state index is 13.6. The lowest BCUT2D eigenvalue weighted by Crippen LogP contribution is -2.36. The second kappa shape index (κ2) is 7.47. The summed E-state index contributed by atoms with van der Waals surface area (Å²) in [6.45, 7) is 0.175. The maximum absolute atomic E-state index is 13.6. The van der Waals surface area contributed by atoms with E-state index in [9.17, 15) is 18.0 Å². The van der Waals surface area contributed by atoms with Crippen molar-refractivity contribution in [3.05, 3.63) is 70.8 Å². The Morgan fingerprint density at radius 2 is 2.17 bits per heavy atom. The number of anilines is 1. The normalized spacial score (nSPS) is 18.8. The molecular formula is C19H16ClF3N4O2. The molecule has 0 saturated heterocycles. The van der Waals surface area contributed by atoms with Gasteiger partial charge in [0, 0.05) is 18.0 Å². The number of aromatic nitrogens is 2. The van der Waals surface area contributed by atoms with Crippen LogP contribution in [0, 0.1) is 0 Å². The molecule has 1 aliphatic rings. The molecule has 29 heavy (non-hydrogen) atoms. The smallest absolute Gasteiger partial charge is 0.410 e. The minimum atomic E-state index is -4.53. The molecule has 3 heterocycles. The number of hydrogen-bond acceptors (Lipinski definition) is 4. The zero-order valence-corrected chi connectivity index (χ0v) is 15.7. The highest BCUT2D eigenvalue weighted by Gasteiger charge is 2.47. The number of alkyl halides is 3. The van der Waals surface area contributed by atoms with Crippen molar-refractivity contribution in [2.45, 2.75) is 31.2 Å². The number of nitrogens with one attached hydrogen (secondary N) is 2. The van der Waals surface area contributed by atoms with Gasteiger partial charge in [-0.15, -0.1) is 0 Å². The molecule has 3 aromatic rings. The second-order valence-electron chi connectivity index (χ2n) is 6.67. The molecule has 1 amide bonds. The first-order valence-corrected chi connectivity index (χ1v) is 9.17. The van der Waals surface area contributed by atoms with Gasteiger partial charge in [-0.25, -0.2) is 4.68 Å². The van der Waals surface area contributed by atoms with Crippen molar-refractivity contribution >= 4 is 23.3 Å². The van der Waals surface area contributed by atoms with Crippen LogP contribution >= 0.6 is 11.6 Å². The van der Waals surface area contributed by atoms with Gasteiger partial charge in [0.1, 0.15) is 17.1 Å². The number of carbonyl (C=O) groups is 1. The number of rotatable bonds is 4. The van der Waals surface area contributed by atoms with Gasteiger partial charge in [-0.2, -0.15) is 18.3 Å². The third-order valence-corrected chi connectivity index (χ3v) is 4.95. The number of hydrogen-bond donors (Lipinski definition) is 2. The van der Waals surface area contributed by atoms with Crippen molar-refractivity contribution in [1.29, 1.82) is 0 Å². The molecule has 1 aliphatic heterocycles. The van der Waals surface area contributed by atoms with Gasteiger partial charge in [-0.05, 0) is 29.8 Å². The van der Waals surface area contributed by atoms with Crippen molar-refractivity contribution in [3.63, 3.8) is 0 Å². The van der Waals surface area contributed by atoms with E-state index in [-0.39, 0.29) is 24.3 Å². The number of halogens is 4. The summed E-state index contributed by atoms with van der Waals surface area (Å²) in [5.41, 5.74) is 0.791. The summed E-state index contributed by atoms with van der Waals surface area (Å²) in [5, 5.41) is 10.0. The van der Waals surface area contributed by atoms with Gasteiger partial charge in [-0.3, -0.25) is 4.79 Å². The summed E-state index contributed by atoms with van der Waals surface area (Å²) in [4.78, 5) is 12.6. The first-order chi connectivity index (χ1) is 13.8. The Balaban J connectivity index is 1.60. The fourth-order valence-electron chi connectivity index (χ4n) is 3.33. The summed E-state index contributed by atoms with van der Waals surface area (Å²) < 4.78 is 46.9. The topological polar surface area (TPSA) is 72.1 Å². The van der Waals surface area contributed by atoms with Gasteiger partial charge in [0.2, 0.25) is 0 Å². The van der Waals surface area contributed by atoms with E-state index >= 15 is 0 Å². The molecule has 0 spiro atoms. The summed E-state index contributed by atoms with van der Waals surface area (Å²) in [6, 6.07) is 7.51. The Bertz CT molecular complexity index is 1020. The van der Waals surface area contributed by atoms with Crippen LogP contribution in [-0.4, -0.2) is 21.9 Å². The van der Waals surface area contributed by atoms with Gasteiger partial charge in [0.05, 0.1) is 18.5 Å². The van der Waals surface area contributed by atoms with Crippen molar-refractivity contribution in [3.8, 4) is 0 Å². The van der Waals surface area contributed by atoms with Crippen molar-refractivity contribution in [2.24, 2.45) is 0 Å². The molecule has 2 atom stereocenters. The van der Waals surface area contributed by atoms with E-state index in [1.54, 1.807) is 36.4 Å². The van der Waals surface area contributed by atoms with Crippen molar-refractivity contribution in [2.75, 3.05) is 5.32 Å². The average molecular weight is 425 g/mol. The Labute approximate surface area is 168 Å². The van der Waals surface area contributed by atoms with Crippen molar-refractivity contribution in [1.82, 2.24) is 15.1 Å². The molecule has 0 saturated carbocycles. The summed E-state index contributed by atoms with van der Waals surface area (Å²) in [6.07, 6.45) is -2.29. The van der Waals surface area contributed by atoms with E-state index in [4.69, 9.17) is 16.0 Å². The van der Waals surface area contributed by atoms with Crippen LogP contribution in [0.1, 0.15) is 40.2 Å². The first kappa shape index (κ1) is 19.4. The molecule has 0 bridgehead atoms. The van der Waals surface area contributed by atoms with Crippen LogP contribution in [0.2, 0.25) is 5.02 Å². The van der Waals surface area contributed by atoms with Crippen LogP contribution in [-0.2, 0) is 6.54 Å². The second-order valence-corrected chi connectivity index (χ2v) is 7.11. The summed E-state index contributed by atoms with van der Waals surface area (Å²) >= 11 is 5.93. The highest BCUT2D eigenvalue weighted by atomic mass is 35.5. The van der Waals surface area contributed by atoms with E-state index in [2.05, 4.69) is 15.7 Å². The molecule has 0 fully saturated rings. The predicted octanol–water partition coefficient (Wildman–Crippen LogP) is 4.72. The number of nitrogens with zero attached hydrogens (tertiary/aromatic N) is 2. The van der Waals surface area contributed by atoms with Crippen LogP contribution in [0.5, 0.6) is 0 Å². The van der Waals surface area contributed by atoms with Gasteiger partial charge in [0.25, 0.3) is 5.91 Å². The van der Waals surface area contributed by atoms with Crippen LogP contribution in [0.25, 0.3) is 0 Å². The predicted molar refractivity (Wildman–Crippen MR) is 99.6 cm³/mol. The molecule has 1 aromatic carbocycles. The van der Waals surface area contributed by atoms with E-state index in [0.717, 1.165) is 16.4 Å². The molecule has 2 aromatic heterocycles. The minimum Gasteiger partial charge on any atom is -0.467 e. The minimum absolute atomic E-state index is 0.00330. The van der Waals surface area contributed by atoms with Gasteiger partial charge >= 0.3 is 6.18 Å². The Morgan fingerprint density at radius 1 is 1.34 bits per heavy atom. The van der Waals surface area contributed by atoms with Gasteiger partial charge in [-0.1, -0.05) is 23.7 Å². The third-order valence-electron chi connectivity index (χ3n) is 4.71. The summed E-state index contributed by atoms with van der Waals surface area (Å²) in [5.74, 6) is -0.180. The van der Waals surface area contributed by atoms with Crippen LogP contribution in [0.15, 0.2) is 53.3 Å². The largest absolute Gasteiger partial charge is 0.467 e. The highest BCUT2D eigenvalue weighted by molar-refractivity contribution is 6.30. The standard InChI is InChI=1S/C19H16ClF3N4O2/c20-12-4-1-3-11(7-12)9-24-18(28)13-10-25-27-16(19(21,22)23)8-14(26-17(13)27)15-5-2-6-29-15/h1-7,10,14,16,26H,8-9H2,(H,24,28)/t14-,16-/m0/s1. The fraction of sp³-hybridized carbons (Fsp3) is 0.263. The highest BCUT2D eigenvalue weighted by Crippen LogP contribution is 2.44. The molecule has 10 heteroatoms. The van der Waals surface area contributed by atoms with E-state index in [1.807, 2.05) is 0 Å². The molecule has 0 aliphatic carbocycles. The molecule has 4 rings (SSSR count). The first-order valence-electron chi connectivity index (χ1n) is 8.79. The number of amides is 1. The van der Waals surface area contributed by atoms with Gasteiger partial charge < -0.3 is 15.1 Å². The Kier molecular flexibility index (Phi) is 4.99. The quantitative estimate of drug-likeness (QED) is 0.635. The number of carbonyl (C=O) groups excluding carboxylic acids is 1. The van der Waals surface area contributed by atoms with Crippen LogP contribution < -0.4 is 10.6 Å². The molecule has 6 nitrogen and oxygen atoms in total. The van der Waals surface area contributed by atoms with Crippen molar-refractivity contribution < 1.29 is 22.4 Å². The van der Waals surface area contributed by atoms with Crippen LogP contribution in [0.3, 0.4) is 0 Å². The molecule has 152 valence electrons. The lowest BCUT2D eigenvalue weighted by atomic mass is 10.0. The third kappa shape index (κ3) is 3.95. The lowest BCUT2D eigenvalue weighted by molar-refractivity contribution is -0.174. The van der Waals surface area contributed by atoms with E-state index < -0.39 is 24.2 Å². The Morgan fingerprint density at radius 3 is 2.86 bits per heavy atom. The average Bonchev–Trinajstić information content (AvgIpc) is 3.34. The zero-order chi connectivity index (χ0) is 20.6. The SMILES string of the molecule is O=C(NCc1cccc(Cl)c1)c1cnn2c1N[C@H](c1ccco1)C[C@H]2C(F)(F)F. The fourth-order valence-corrected chi connectivity index (χ4v) is 3.54. The molecular weight excluding hydrogens is 409 g/mol. The van der Waals surface area contributed by atoms with Gasteiger partial charge in [0.15, 0.2) is 6.04 Å². The number of fused-ring (bicyclic) bond motifs is 1. The number of furan rings is 1. The molecule has 0 unspecified atom stereocenters. The monoisotopic (exact) mass is 424 g/mol. The van der Waals surface area contributed by atoms with E-state index in [1.165, 1.54) is 6.26 Å². The maximum Gasteiger partial charge on any atom is 0.410 e. The lowest BCUT2D eigenvalue weighted by Gasteiger charge is -2.32. The van der Waals surface area contributed by atoms with Crippen LogP contribution in [0.4, 0.5) is 19.0 Å². The molecule has 2 N–H and O–H groups in total. The molecule has 0 radical (unpaired) electrons. The van der Waals surface area contributed by atoms with E-state index in [0.29, 0.717) is 10.8 Å².